The van der Waals surface area contributed by atoms with Crippen LogP contribution in [0, 0.1) is 0 Å². The number of ether oxygens (including phenoxy) is 5. The summed E-state index contributed by atoms with van der Waals surface area (Å²) in [5, 5.41) is 3.12. The number of rotatable bonds is 44. The van der Waals surface area contributed by atoms with Gasteiger partial charge in [0.15, 0.2) is 12.4 Å². The van der Waals surface area contributed by atoms with Crippen molar-refractivity contribution in [1.29, 1.82) is 0 Å². The summed E-state index contributed by atoms with van der Waals surface area (Å²) in [6.45, 7) is 3.97. The Balaban J connectivity index is 0.0000144. The van der Waals surface area contributed by atoms with Gasteiger partial charge >= 0.3 is 65.1 Å². The summed E-state index contributed by atoms with van der Waals surface area (Å²) in [4.78, 5) is 26.3. The van der Waals surface area contributed by atoms with Crippen molar-refractivity contribution < 1.29 is 127 Å². The van der Waals surface area contributed by atoms with Crippen molar-refractivity contribution in [2.75, 3.05) is 13.2 Å². The number of unbranched alkanes of at least 4 members (excludes halogenated alkanes) is 23. The van der Waals surface area contributed by atoms with Gasteiger partial charge in [-0.15, -0.1) is 0 Å². The summed E-state index contributed by atoms with van der Waals surface area (Å²) < 4.78 is 112. The molecule has 2 aromatic carbocycles. The van der Waals surface area contributed by atoms with Crippen LogP contribution in [0.25, 0.3) is 0 Å². The molecule has 2 aromatic rings. The number of amides is 1. The van der Waals surface area contributed by atoms with Crippen LogP contribution < -0.4 is 64.4 Å². The fraction of sp³-hybridized carbons (Fsp3) is 0.714. The van der Waals surface area contributed by atoms with Crippen LogP contribution in [0.1, 0.15) is 199 Å². The van der Waals surface area contributed by atoms with E-state index >= 15 is 0 Å². The van der Waals surface area contributed by atoms with Gasteiger partial charge in [-0.3, -0.25) is 18.0 Å². The Morgan fingerprint density at radius 2 is 1.09 bits per heavy atom. The molecular formula is C56H89NNa2O15S2. The summed E-state index contributed by atoms with van der Waals surface area (Å²) >= 11 is 0. The molecule has 1 heterocycles. The second-order valence-electron chi connectivity index (χ2n) is 19.6. The van der Waals surface area contributed by atoms with E-state index < -0.39 is 76.2 Å². The van der Waals surface area contributed by atoms with Crippen LogP contribution in [0.5, 0.6) is 0 Å². The van der Waals surface area contributed by atoms with E-state index in [2.05, 4.69) is 23.3 Å². The zero-order valence-electron chi connectivity index (χ0n) is 46.6. The normalized spacial score (nSPS) is 18.6. The zero-order valence-corrected chi connectivity index (χ0v) is 52.3. The fourth-order valence-corrected chi connectivity index (χ4v) is 9.84. The maximum absolute atomic E-state index is 13.9. The van der Waals surface area contributed by atoms with E-state index in [1.807, 2.05) is 42.5 Å². The zero-order chi connectivity index (χ0) is 53.7. The molecule has 1 amide bonds. The van der Waals surface area contributed by atoms with E-state index in [9.17, 15) is 35.5 Å². The Morgan fingerprint density at radius 1 is 0.618 bits per heavy atom. The number of hydrogen-bond acceptors (Lipinski definition) is 15. The number of allylic oxidation sites excluding steroid dienone is 1. The Morgan fingerprint density at radius 3 is 1.57 bits per heavy atom. The molecule has 0 aliphatic carbocycles. The maximum Gasteiger partial charge on any atom is 1.00 e. The first kappa shape index (κ1) is 72.7. The van der Waals surface area contributed by atoms with Gasteiger partial charge in [0.05, 0.1) is 38.6 Å². The predicted molar refractivity (Wildman–Crippen MR) is 283 cm³/mol. The number of nitrogens with one attached hydrogen (secondary N) is 1. The molecule has 1 fully saturated rings. The minimum atomic E-state index is -5.58. The van der Waals surface area contributed by atoms with E-state index in [0.717, 1.165) is 57.4 Å². The van der Waals surface area contributed by atoms with Gasteiger partial charge in [-0.2, -0.15) is 0 Å². The second-order valence-corrected chi connectivity index (χ2v) is 21.6. The van der Waals surface area contributed by atoms with Crippen molar-refractivity contribution in [1.82, 2.24) is 5.32 Å². The predicted octanol–water partition coefficient (Wildman–Crippen LogP) is 5.38. The molecule has 0 radical (unpaired) electrons. The third-order valence-corrected chi connectivity index (χ3v) is 13.9. The molecule has 422 valence electrons. The molecule has 0 bridgehead atoms. The van der Waals surface area contributed by atoms with Crippen LogP contribution >= 0.6 is 0 Å². The van der Waals surface area contributed by atoms with Crippen LogP contribution in [-0.4, -0.2) is 93.9 Å². The number of hydrogen-bond donors (Lipinski definition) is 1. The Kier molecular flexibility index (Phi) is 42.4. The van der Waals surface area contributed by atoms with Gasteiger partial charge in [0.25, 0.3) is 0 Å². The summed E-state index contributed by atoms with van der Waals surface area (Å²) in [6.07, 6.45) is 23.5. The topological polar surface area (TPSA) is 225 Å². The van der Waals surface area contributed by atoms with E-state index in [1.165, 1.54) is 109 Å². The molecule has 76 heavy (non-hydrogen) atoms. The summed E-state index contributed by atoms with van der Waals surface area (Å²) in [6, 6.07) is 17.3. The number of carbonyl (C=O) groups is 2. The van der Waals surface area contributed by atoms with Crippen LogP contribution in [0.2, 0.25) is 0 Å². The standard InChI is InChI=1S/C56H91NO15S2.2Na/c1-4-6-8-10-12-14-16-18-20-22-24-26-34-40-50(66-42-47-36-30-28-31-37-47)49(57-52(59)41-35-27-25-23-21-19-17-15-13-11-9-7-5-2)44-68-56-55(67-43-48-38-32-29-33-39-48)54(72-74(63,64)65)53(70-46(3)58)51(71-56)45-69-73(60,61)62;;/h28-34,36-40,49-51,53-56H,4-27,35,41-45H2,1-3H3,(H,57,59)(H,60,61,62)(H,63,64,65);;/q;2*+1/p-2/b40-34+;;/t49-,50+,51-,53+,54-,55-,56+;;/m0../s1. The Bertz CT molecular complexity index is 2020. The van der Waals surface area contributed by atoms with Crippen LogP contribution in [0.4, 0.5) is 0 Å². The van der Waals surface area contributed by atoms with Crippen LogP contribution in [0.15, 0.2) is 72.8 Å². The fourth-order valence-electron chi connectivity index (χ4n) is 9.05. The average molecular weight is 1130 g/mol. The third-order valence-electron chi connectivity index (χ3n) is 13.1. The number of carbonyl (C=O) groups excluding carboxylic acids is 2. The molecule has 0 saturated carbocycles. The third kappa shape index (κ3) is 35.4. The van der Waals surface area contributed by atoms with Crippen molar-refractivity contribution in [3.05, 3.63) is 83.9 Å². The summed E-state index contributed by atoms with van der Waals surface area (Å²) in [5.41, 5.74) is 1.49. The van der Waals surface area contributed by atoms with Crippen molar-refractivity contribution in [3.8, 4) is 0 Å². The number of esters is 1. The van der Waals surface area contributed by atoms with Gasteiger partial charge < -0.3 is 38.1 Å². The quantitative estimate of drug-likeness (QED) is 0.0220. The molecule has 16 nitrogen and oxygen atoms in total. The summed E-state index contributed by atoms with van der Waals surface area (Å²) in [5.74, 6) is -1.24. The SMILES string of the molecule is CCCCCCCCCCCCC/C=C/[C@@H](OCc1ccccc1)[C@H](CO[C@@H]1O[C@@H](COS(=O)(=O)[O-])[C@@H](OC(C)=O)[C@H](OS(=O)(=O)[O-])[C@@H]1OCc1ccccc1)NC(=O)CCCCCCCCCCCCCCC.[Na+].[Na+]. The van der Waals surface area contributed by atoms with Gasteiger partial charge in [-0.05, 0) is 30.4 Å². The van der Waals surface area contributed by atoms with Gasteiger partial charge in [0.1, 0.15) is 18.3 Å². The monoisotopic (exact) mass is 1130 g/mol. The minimum absolute atomic E-state index is 0. The smallest absolute Gasteiger partial charge is 0.726 e. The van der Waals surface area contributed by atoms with E-state index in [0.29, 0.717) is 12.0 Å². The molecule has 7 atom stereocenters. The van der Waals surface area contributed by atoms with E-state index in [-0.39, 0.29) is 91.3 Å². The largest absolute Gasteiger partial charge is 1.00 e. The Hall–Kier alpha value is -1.30. The van der Waals surface area contributed by atoms with E-state index in [1.54, 1.807) is 30.3 Å². The molecular weight excluding hydrogens is 1040 g/mol. The maximum atomic E-state index is 13.9. The van der Waals surface area contributed by atoms with Crippen LogP contribution in [0.3, 0.4) is 0 Å². The van der Waals surface area contributed by atoms with Gasteiger partial charge in [0.2, 0.25) is 26.7 Å². The Labute approximate surface area is 501 Å². The van der Waals surface area contributed by atoms with E-state index in [4.69, 9.17) is 27.9 Å². The first-order valence-corrected chi connectivity index (χ1v) is 30.3. The molecule has 20 heteroatoms. The molecule has 1 aliphatic rings. The molecule has 0 aromatic heterocycles. The van der Waals surface area contributed by atoms with Crippen molar-refractivity contribution in [2.45, 2.75) is 244 Å². The summed E-state index contributed by atoms with van der Waals surface area (Å²) in [7, 11) is -11.0. The minimum Gasteiger partial charge on any atom is -0.726 e. The van der Waals surface area contributed by atoms with Crippen molar-refractivity contribution in [3.63, 3.8) is 0 Å². The van der Waals surface area contributed by atoms with Gasteiger partial charge in [-0.25, -0.2) is 16.8 Å². The first-order valence-electron chi connectivity index (χ1n) is 27.6. The molecule has 0 spiro atoms. The van der Waals surface area contributed by atoms with Gasteiger partial charge in [0, 0.05) is 13.3 Å². The molecule has 1 N–H and O–H groups in total. The van der Waals surface area contributed by atoms with Crippen molar-refractivity contribution in [2.24, 2.45) is 0 Å². The molecule has 1 aliphatic heterocycles. The first-order chi connectivity index (χ1) is 35.7. The number of benzene rings is 2. The van der Waals surface area contributed by atoms with Crippen molar-refractivity contribution >= 4 is 32.7 Å². The molecule has 1 saturated heterocycles. The molecule has 3 rings (SSSR count). The average Bonchev–Trinajstić information content (AvgIpc) is 3.36. The van der Waals surface area contributed by atoms with Crippen LogP contribution in [-0.2, 0) is 75.7 Å². The molecule has 0 unspecified atom stereocenters. The van der Waals surface area contributed by atoms with Gasteiger partial charge in [-0.1, -0.05) is 228 Å². The second kappa shape index (κ2) is 44.4.